The van der Waals surface area contributed by atoms with Gasteiger partial charge in [-0.3, -0.25) is 0 Å². The lowest BCUT2D eigenvalue weighted by Crippen LogP contribution is -2.27. The molecule has 1 rings (SSSR count). The topological polar surface area (TPSA) is 125 Å². The van der Waals surface area contributed by atoms with Gasteiger partial charge in [0, 0.05) is 25.0 Å². The van der Waals surface area contributed by atoms with Crippen LogP contribution in [0.15, 0.2) is 43.5 Å². The second-order valence-corrected chi connectivity index (χ2v) is 6.46. The number of benzene rings is 1. The van der Waals surface area contributed by atoms with E-state index in [4.69, 9.17) is 18.9 Å². The number of carbonyl (C=O) groups excluding carboxylic acids is 4. The molecule has 0 bridgehead atoms. The van der Waals surface area contributed by atoms with Gasteiger partial charge in [0.05, 0.1) is 17.2 Å². The van der Waals surface area contributed by atoms with Crippen LogP contribution >= 0.6 is 0 Å². The van der Waals surface area contributed by atoms with Gasteiger partial charge in [-0.1, -0.05) is 46.1 Å². The molecule has 0 spiro atoms. The normalized spacial score (nSPS) is 13.1. The largest absolute Gasteiger partial charge is 0.422 e. The van der Waals surface area contributed by atoms with Crippen molar-refractivity contribution in [1.82, 2.24) is 0 Å². The Morgan fingerprint density at radius 3 is 1.78 bits per heavy atom. The highest BCUT2D eigenvalue weighted by atomic mass is 16.7. The molecule has 0 fully saturated rings. The summed E-state index contributed by atoms with van der Waals surface area (Å²) in [4.78, 5) is 48.7. The van der Waals surface area contributed by atoms with Gasteiger partial charge in [0.15, 0.2) is 0 Å². The number of ether oxygens (including phenoxy) is 4. The Hall–Kier alpha value is -3.46. The molecule has 0 heterocycles. The lowest BCUT2D eigenvalue weighted by Gasteiger charge is -2.21. The van der Waals surface area contributed by atoms with Crippen LogP contribution in [0.3, 0.4) is 0 Å². The number of aliphatic hydroxyl groups is 1. The van der Waals surface area contributed by atoms with E-state index in [1.54, 1.807) is 20.8 Å². The predicted molar refractivity (Wildman–Crippen MR) is 113 cm³/mol. The van der Waals surface area contributed by atoms with Gasteiger partial charge in [0.25, 0.3) is 0 Å². The number of carbonyl (C=O) groups is 4. The molecule has 0 aliphatic rings. The molecular weight excluding hydrogens is 420 g/mol. The maximum Gasteiger partial charge on any atom is 0.342 e. The van der Waals surface area contributed by atoms with Gasteiger partial charge in [0.1, 0.15) is 0 Å². The molecule has 0 amide bonds. The molecule has 0 radical (unpaired) electrons. The standard InChI is InChI=1S/C23H28O9/c1-6-16(24)14-12-11-13-15(22(27)31-19(9-4)29-17(25)7-2)21(14)23(28)32-20(10-5)30-18(26)8-3/h7-8,11-13,16,19-20,24H,2-3,6,9-10H2,1,4-5H3. The molecule has 0 aliphatic carbocycles. The number of hydrogen-bond donors (Lipinski definition) is 1. The van der Waals surface area contributed by atoms with Crippen molar-refractivity contribution in [2.45, 2.75) is 58.7 Å². The van der Waals surface area contributed by atoms with E-state index >= 15 is 0 Å². The Kier molecular flexibility index (Phi) is 10.8. The summed E-state index contributed by atoms with van der Waals surface area (Å²) in [5.41, 5.74) is -0.323. The van der Waals surface area contributed by atoms with Crippen molar-refractivity contribution in [3.8, 4) is 0 Å². The van der Waals surface area contributed by atoms with Gasteiger partial charge in [0.2, 0.25) is 12.6 Å². The smallest absolute Gasteiger partial charge is 0.342 e. The van der Waals surface area contributed by atoms with Crippen LogP contribution in [0.1, 0.15) is 72.4 Å². The number of esters is 4. The van der Waals surface area contributed by atoms with Gasteiger partial charge in [-0.15, -0.1) is 0 Å². The summed E-state index contributed by atoms with van der Waals surface area (Å²) in [6.45, 7) is 11.5. The Balaban J connectivity index is 3.32. The minimum Gasteiger partial charge on any atom is -0.422 e. The Morgan fingerprint density at radius 2 is 1.34 bits per heavy atom. The lowest BCUT2D eigenvalue weighted by atomic mass is 9.96. The van der Waals surface area contributed by atoms with Crippen molar-refractivity contribution in [2.24, 2.45) is 0 Å². The van der Waals surface area contributed by atoms with Gasteiger partial charge < -0.3 is 24.1 Å². The van der Waals surface area contributed by atoms with Crippen LogP contribution in [0, 0.1) is 0 Å². The van der Waals surface area contributed by atoms with Gasteiger partial charge in [-0.25, -0.2) is 19.2 Å². The number of hydrogen-bond acceptors (Lipinski definition) is 9. The molecule has 0 saturated carbocycles. The molecule has 3 atom stereocenters. The van der Waals surface area contributed by atoms with E-state index in [2.05, 4.69) is 13.2 Å². The van der Waals surface area contributed by atoms with E-state index in [1.165, 1.54) is 18.2 Å². The van der Waals surface area contributed by atoms with E-state index in [0.29, 0.717) is 0 Å². The third-order valence-corrected chi connectivity index (χ3v) is 4.24. The van der Waals surface area contributed by atoms with Crippen molar-refractivity contribution >= 4 is 23.9 Å². The molecular formula is C23H28O9. The molecule has 0 aromatic heterocycles. The highest BCUT2D eigenvalue weighted by Gasteiger charge is 2.29. The third-order valence-electron chi connectivity index (χ3n) is 4.24. The minimum atomic E-state index is -1.24. The Bertz CT molecular complexity index is 859. The highest BCUT2D eigenvalue weighted by molar-refractivity contribution is 6.04. The van der Waals surface area contributed by atoms with E-state index in [9.17, 15) is 24.3 Å². The van der Waals surface area contributed by atoms with E-state index < -0.39 is 42.6 Å². The first kappa shape index (κ1) is 26.6. The van der Waals surface area contributed by atoms with Crippen LogP contribution in [0.2, 0.25) is 0 Å². The molecule has 1 N–H and O–H groups in total. The molecule has 3 unspecified atom stereocenters. The summed E-state index contributed by atoms with van der Waals surface area (Å²) in [5, 5.41) is 10.4. The van der Waals surface area contributed by atoms with E-state index in [-0.39, 0.29) is 36.0 Å². The summed E-state index contributed by atoms with van der Waals surface area (Å²) in [6, 6.07) is 4.24. The molecule has 9 nitrogen and oxygen atoms in total. The first-order chi connectivity index (χ1) is 15.2. The van der Waals surface area contributed by atoms with Crippen molar-refractivity contribution in [3.05, 3.63) is 60.2 Å². The average molecular weight is 448 g/mol. The monoisotopic (exact) mass is 448 g/mol. The van der Waals surface area contributed by atoms with Crippen LogP contribution in [0.25, 0.3) is 0 Å². The second kappa shape index (κ2) is 13.1. The molecule has 174 valence electrons. The molecule has 32 heavy (non-hydrogen) atoms. The molecule has 1 aromatic rings. The zero-order chi connectivity index (χ0) is 24.3. The van der Waals surface area contributed by atoms with Crippen LogP contribution < -0.4 is 0 Å². The van der Waals surface area contributed by atoms with Crippen molar-refractivity contribution < 1.29 is 43.2 Å². The van der Waals surface area contributed by atoms with Crippen molar-refractivity contribution in [1.29, 1.82) is 0 Å². The summed E-state index contributed by atoms with van der Waals surface area (Å²) < 4.78 is 20.4. The SMILES string of the molecule is C=CC(=O)OC(CC)OC(=O)c1cccc(C(O)CC)c1C(=O)OC(CC)OC(=O)C=C. The zero-order valence-corrected chi connectivity index (χ0v) is 18.4. The second-order valence-electron chi connectivity index (χ2n) is 6.46. The molecule has 0 aliphatic heterocycles. The zero-order valence-electron chi connectivity index (χ0n) is 18.4. The summed E-state index contributed by atoms with van der Waals surface area (Å²) in [7, 11) is 0. The predicted octanol–water partition coefficient (Wildman–Crippen LogP) is 3.37. The maximum atomic E-state index is 13.0. The Morgan fingerprint density at radius 1 is 0.844 bits per heavy atom. The first-order valence-electron chi connectivity index (χ1n) is 10.1. The number of aliphatic hydroxyl groups excluding tert-OH is 1. The summed E-state index contributed by atoms with van der Waals surface area (Å²) in [6.07, 6.45) is -1.15. The quantitative estimate of drug-likeness (QED) is 0.291. The Labute approximate surface area is 186 Å². The first-order valence-corrected chi connectivity index (χ1v) is 10.1. The van der Waals surface area contributed by atoms with Gasteiger partial charge in [-0.05, 0) is 18.1 Å². The average Bonchev–Trinajstić information content (AvgIpc) is 2.81. The third kappa shape index (κ3) is 7.35. The fourth-order valence-electron chi connectivity index (χ4n) is 2.56. The minimum absolute atomic E-state index is 0.132. The maximum absolute atomic E-state index is 13.0. The fourth-order valence-corrected chi connectivity index (χ4v) is 2.56. The highest BCUT2D eigenvalue weighted by Crippen LogP contribution is 2.26. The molecule has 0 saturated heterocycles. The fraction of sp³-hybridized carbons (Fsp3) is 0.391. The lowest BCUT2D eigenvalue weighted by molar-refractivity contribution is -0.164. The molecule has 1 aromatic carbocycles. The van der Waals surface area contributed by atoms with Crippen LogP contribution in [-0.4, -0.2) is 41.6 Å². The van der Waals surface area contributed by atoms with Gasteiger partial charge in [-0.2, -0.15) is 0 Å². The van der Waals surface area contributed by atoms with Crippen LogP contribution in [0.5, 0.6) is 0 Å². The summed E-state index contributed by atoms with van der Waals surface area (Å²) in [5.74, 6) is -3.54. The molecule has 9 heteroatoms. The van der Waals surface area contributed by atoms with E-state index in [0.717, 1.165) is 12.2 Å². The van der Waals surface area contributed by atoms with Crippen molar-refractivity contribution in [2.75, 3.05) is 0 Å². The van der Waals surface area contributed by atoms with Crippen molar-refractivity contribution in [3.63, 3.8) is 0 Å². The van der Waals surface area contributed by atoms with E-state index in [1.807, 2.05) is 0 Å². The van der Waals surface area contributed by atoms with Crippen LogP contribution in [-0.2, 0) is 28.5 Å². The van der Waals surface area contributed by atoms with Gasteiger partial charge >= 0.3 is 23.9 Å². The summed E-state index contributed by atoms with van der Waals surface area (Å²) >= 11 is 0. The van der Waals surface area contributed by atoms with Crippen LogP contribution in [0.4, 0.5) is 0 Å². The number of rotatable bonds is 12.